The zero-order valence-electron chi connectivity index (χ0n) is 6.19. The minimum atomic E-state index is 0.765. The maximum atomic E-state index is 5.65. The summed E-state index contributed by atoms with van der Waals surface area (Å²) in [6.07, 6.45) is 3.67. The van der Waals surface area contributed by atoms with Gasteiger partial charge in [0.15, 0.2) is 0 Å². The molecule has 0 radical (unpaired) electrons. The monoisotopic (exact) mass is 151 g/mol. The maximum Gasteiger partial charge on any atom is 0.106 e. The summed E-state index contributed by atoms with van der Waals surface area (Å²) in [6.45, 7) is 0. The van der Waals surface area contributed by atoms with Crippen molar-refractivity contribution in [1.29, 1.82) is 0 Å². The molecule has 2 heterocycles. The Hall–Kier alpha value is -1.58. The Balaban J connectivity index is 2.77. The number of nitrogen functional groups attached to an aromatic ring is 1. The van der Waals surface area contributed by atoms with Crippen LogP contribution in [-0.4, -0.2) is 16.5 Å². The van der Waals surface area contributed by atoms with Crippen LogP contribution in [0.4, 0.5) is 5.69 Å². The number of hydrogen-bond acceptors (Lipinski definition) is 2. The summed E-state index contributed by atoms with van der Waals surface area (Å²) in [5.74, 6) is 0. The average molecular weight is 151 g/mol. The highest BCUT2D eigenvalue weighted by atomic mass is 16.7. The van der Waals surface area contributed by atoms with E-state index in [9.17, 15) is 0 Å². The summed E-state index contributed by atoms with van der Waals surface area (Å²) in [4.78, 5) is 6.61. The van der Waals surface area contributed by atoms with Gasteiger partial charge < -0.3 is 10.6 Å². The first kappa shape index (κ1) is 6.15. The summed E-state index contributed by atoms with van der Waals surface area (Å²) in [5, 5.41) is 0. The van der Waals surface area contributed by atoms with Crippen LogP contribution in [0.15, 0.2) is 24.5 Å². The van der Waals surface area contributed by atoms with Crippen LogP contribution in [0.3, 0.4) is 0 Å². The molecular formula is C7H9N3O. The minimum Gasteiger partial charge on any atom is -0.401 e. The molecule has 0 unspecified atom stereocenters. The van der Waals surface area contributed by atoms with E-state index in [4.69, 9.17) is 10.6 Å². The summed E-state index contributed by atoms with van der Waals surface area (Å²) in [5.41, 5.74) is 7.38. The lowest BCUT2D eigenvalue weighted by atomic mass is 10.4. The van der Waals surface area contributed by atoms with Crippen LogP contribution in [0, 0.1) is 0 Å². The molecule has 2 N–H and O–H groups in total. The Morgan fingerprint density at radius 1 is 1.36 bits per heavy atom. The predicted molar refractivity (Wildman–Crippen MR) is 42.3 cm³/mol. The number of anilines is 1. The van der Waals surface area contributed by atoms with Crippen molar-refractivity contribution in [3.05, 3.63) is 24.5 Å². The second-order valence-corrected chi connectivity index (χ2v) is 2.30. The number of nitrogens with two attached hydrogens (primary N) is 1. The highest BCUT2D eigenvalue weighted by molar-refractivity contribution is 5.69. The molecule has 0 saturated heterocycles. The Bertz CT molecular complexity index is 374. The van der Waals surface area contributed by atoms with E-state index in [1.165, 1.54) is 0 Å². The van der Waals surface area contributed by atoms with E-state index in [-0.39, 0.29) is 0 Å². The summed E-state index contributed by atoms with van der Waals surface area (Å²) >= 11 is 0. The number of aromatic nitrogens is 2. The van der Waals surface area contributed by atoms with Crippen LogP contribution in [0.2, 0.25) is 0 Å². The summed E-state index contributed by atoms with van der Waals surface area (Å²) in [7, 11) is 1.61. The van der Waals surface area contributed by atoms with Gasteiger partial charge in [-0.2, -0.15) is 0 Å². The van der Waals surface area contributed by atoms with E-state index in [0.717, 1.165) is 11.2 Å². The van der Waals surface area contributed by atoms with Gasteiger partial charge in [-0.15, -0.1) is 4.85 Å². The van der Waals surface area contributed by atoms with Crippen LogP contribution in [0.25, 0.3) is 5.52 Å². The molecule has 0 atom stereocenters. The molecule has 4 heteroatoms. The molecule has 0 fully saturated rings. The van der Waals surface area contributed by atoms with Gasteiger partial charge in [0.05, 0.1) is 17.4 Å². The van der Waals surface area contributed by atoms with Gasteiger partial charge in [-0.3, -0.25) is 0 Å². The quantitative estimate of drug-likeness (QED) is 0.640. The van der Waals surface area contributed by atoms with Gasteiger partial charge in [0, 0.05) is 6.20 Å². The number of nitrogens with zero attached hydrogens (tertiary/aromatic N) is 2. The van der Waals surface area contributed by atoms with E-state index in [1.54, 1.807) is 12.0 Å². The van der Waals surface area contributed by atoms with Crippen molar-refractivity contribution < 1.29 is 4.84 Å². The van der Waals surface area contributed by atoms with E-state index >= 15 is 0 Å². The standard InChI is InChI=1S/C7H9N3O/c1-11-10-5-3-7-6(8)2-4-9(7)10/h2-5H,8H2,1H3. The van der Waals surface area contributed by atoms with E-state index in [2.05, 4.69) is 0 Å². The maximum absolute atomic E-state index is 5.65. The first-order chi connectivity index (χ1) is 5.33. The van der Waals surface area contributed by atoms with Gasteiger partial charge in [-0.05, 0) is 12.1 Å². The molecule has 4 nitrogen and oxygen atoms in total. The van der Waals surface area contributed by atoms with E-state index in [1.807, 2.05) is 29.0 Å². The predicted octanol–water partition coefficient (Wildman–Crippen LogP) is 0.381. The van der Waals surface area contributed by atoms with Crippen molar-refractivity contribution in [3.63, 3.8) is 0 Å². The third-order valence-electron chi connectivity index (χ3n) is 1.70. The molecule has 58 valence electrons. The fourth-order valence-corrected chi connectivity index (χ4v) is 1.15. The van der Waals surface area contributed by atoms with Gasteiger partial charge in [-0.1, -0.05) is 0 Å². The third kappa shape index (κ3) is 0.690. The summed E-state index contributed by atoms with van der Waals surface area (Å²) in [6, 6.07) is 3.74. The SMILES string of the molecule is COn1ccc2c(N)ccn21. The fourth-order valence-electron chi connectivity index (χ4n) is 1.15. The molecule has 0 spiro atoms. The molecule has 0 saturated carbocycles. The molecular weight excluding hydrogens is 142 g/mol. The van der Waals surface area contributed by atoms with E-state index < -0.39 is 0 Å². The van der Waals surface area contributed by atoms with Gasteiger partial charge in [0.1, 0.15) is 7.11 Å². The van der Waals surface area contributed by atoms with E-state index in [0.29, 0.717) is 0 Å². The van der Waals surface area contributed by atoms with Crippen molar-refractivity contribution >= 4 is 11.2 Å². The van der Waals surface area contributed by atoms with Crippen molar-refractivity contribution in [1.82, 2.24) is 9.36 Å². The Labute approximate surface area is 63.7 Å². The van der Waals surface area contributed by atoms with Crippen LogP contribution in [-0.2, 0) is 0 Å². The molecule has 2 aromatic heterocycles. The van der Waals surface area contributed by atoms with Crippen LogP contribution >= 0.6 is 0 Å². The molecule has 0 aliphatic carbocycles. The molecule has 0 aromatic carbocycles. The van der Waals surface area contributed by atoms with Crippen molar-refractivity contribution in [3.8, 4) is 0 Å². The van der Waals surface area contributed by atoms with Gasteiger partial charge in [0.25, 0.3) is 0 Å². The number of rotatable bonds is 1. The molecule has 11 heavy (non-hydrogen) atoms. The average Bonchev–Trinajstić information content (AvgIpc) is 2.53. The largest absolute Gasteiger partial charge is 0.401 e. The van der Waals surface area contributed by atoms with Crippen molar-refractivity contribution in [2.45, 2.75) is 0 Å². The minimum absolute atomic E-state index is 0.765. The first-order valence-electron chi connectivity index (χ1n) is 3.31. The van der Waals surface area contributed by atoms with Crippen LogP contribution < -0.4 is 10.6 Å². The van der Waals surface area contributed by atoms with Crippen molar-refractivity contribution in [2.24, 2.45) is 0 Å². The molecule has 2 rings (SSSR count). The second kappa shape index (κ2) is 1.95. The number of hydrogen-bond donors (Lipinski definition) is 1. The van der Waals surface area contributed by atoms with Crippen LogP contribution in [0.5, 0.6) is 0 Å². The smallest absolute Gasteiger partial charge is 0.106 e. The Morgan fingerprint density at radius 2 is 2.18 bits per heavy atom. The lowest BCUT2D eigenvalue weighted by molar-refractivity contribution is 0.124. The molecule has 0 aliphatic heterocycles. The molecule has 2 aromatic rings. The molecule has 0 amide bonds. The lowest BCUT2D eigenvalue weighted by Crippen LogP contribution is -2.09. The third-order valence-corrected chi connectivity index (χ3v) is 1.70. The highest BCUT2D eigenvalue weighted by Crippen LogP contribution is 2.13. The Morgan fingerprint density at radius 3 is 2.91 bits per heavy atom. The zero-order chi connectivity index (χ0) is 7.84. The van der Waals surface area contributed by atoms with Gasteiger partial charge >= 0.3 is 0 Å². The summed E-state index contributed by atoms with van der Waals surface area (Å²) < 4.78 is 1.83. The van der Waals surface area contributed by atoms with Crippen molar-refractivity contribution in [2.75, 3.05) is 12.8 Å². The van der Waals surface area contributed by atoms with Gasteiger partial charge in [-0.25, -0.2) is 4.52 Å². The molecule has 0 aliphatic rings. The van der Waals surface area contributed by atoms with Crippen LogP contribution in [0.1, 0.15) is 0 Å². The first-order valence-corrected chi connectivity index (χ1v) is 3.31. The topological polar surface area (TPSA) is 44.6 Å². The lowest BCUT2D eigenvalue weighted by Gasteiger charge is -1.99. The zero-order valence-corrected chi connectivity index (χ0v) is 6.19. The second-order valence-electron chi connectivity index (χ2n) is 2.30. The van der Waals surface area contributed by atoms with Gasteiger partial charge in [0.2, 0.25) is 0 Å². The normalized spacial score (nSPS) is 10.6. The highest BCUT2D eigenvalue weighted by Gasteiger charge is 2.01. The number of fused-ring (bicyclic) bond motifs is 1. The fraction of sp³-hybridized carbons (Fsp3) is 0.143. The Kier molecular flexibility index (Phi) is 1.09. The molecule has 0 bridgehead atoms.